The van der Waals surface area contributed by atoms with Crippen molar-refractivity contribution in [2.24, 2.45) is 0 Å². The molecule has 14 heavy (non-hydrogen) atoms. The molecular weight excluding hydrogens is 264 g/mol. The van der Waals surface area contributed by atoms with Crippen molar-refractivity contribution in [3.8, 4) is 0 Å². The van der Waals surface area contributed by atoms with E-state index in [4.69, 9.17) is 0 Å². The first kappa shape index (κ1) is 9.76. The molecule has 0 fully saturated rings. The fraction of sp³-hybridized carbons (Fsp3) is 0.111. The topological polar surface area (TPSA) is 46.0 Å². The van der Waals surface area contributed by atoms with Crippen LogP contribution in [0.15, 0.2) is 34.5 Å². The number of aliphatic hydroxyl groups is 1. The molecular formula is C9H7BrN2OS. The van der Waals surface area contributed by atoms with Crippen LogP contribution in [0.1, 0.15) is 16.7 Å². The minimum absolute atomic E-state index is 0.614. The molecule has 1 atom stereocenters. The monoisotopic (exact) mass is 270 g/mol. The maximum Gasteiger partial charge on any atom is 0.131 e. The van der Waals surface area contributed by atoms with Crippen LogP contribution >= 0.6 is 27.3 Å². The SMILES string of the molecule is OC(c1ccncn1)c1sccc1Br. The molecule has 2 aromatic heterocycles. The first-order chi connectivity index (χ1) is 6.79. The van der Waals surface area contributed by atoms with Crippen molar-refractivity contribution >= 4 is 27.3 Å². The molecule has 1 N–H and O–H groups in total. The summed E-state index contributed by atoms with van der Waals surface area (Å²) in [6.45, 7) is 0. The summed E-state index contributed by atoms with van der Waals surface area (Å²) in [5.41, 5.74) is 0.614. The molecule has 0 radical (unpaired) electrons. The standard InChI is InChI=1S/C9H7BrN2OS/c10-6-2-4-14-9(6)8(13)7-1-3-11-5-12-7/h1-5,8,13H. The van der Waals surface area contributed by atoms with Crippen LogP contribution in [0.5, 0.6) is 0 Å². The van der Waals surface area contributed by atoms with Crippen molar-refractivity contribution in [3.05, 3.63) is 45.1 Å². The Bertz CT molecular complexity index is 418. The molecule has 2 rings (SSSR count). The smallest absolute Gasteiger partial charge is 0.131 e. The van der Waals surface area contributed by atoms with Gasteiger partial charge in [0.15, 0.2) is 0 Å². The molecule has 2 heterocycles. The van der Waals surface area contributed by atoms with E-state index in [2.05, 4.69) is 25.9 Å². The van der Waals surface area contributed by atoms with Crippen molar-refractivity contribution < 1.29 is 5.11 Å². The average molecular weight is 271 g/mol. The molecule has 0 spiro atoms. The molecule has 0 amide bonds. The van der Waals surface area contributed by atoms with E-state index in [9.17, 15) is 5.11 Å². The lowest BCUT2D eigenvalue weighted by Gasteiger charge is -2.07. The van der Waals surface area contributed by atoms with Gasteiger partial charge in [-0.25, -0.2) is 9.97 Å². The Morgan fingerprint density at radius 3 is 2.86 bits per heavy atom. The summed E-state index contributed by atoms with van der Waals surface area (Å²) in [6, 6.07) is 3.61. The lowest BCUT2D eigenvalue weighted by Crippen LogP contribution is -2.00. The summed E-state index contributed by atoms with van der Waals surface area (Å²) < 4.78 is 0.911. The predicted molar refractivity (Wildman–Crippen MR) is 58.1 cm³/mol. The molecule has 0 saturated heterocycles. The highest BCUT2D eigenvalue weighted by Gasteiger charge is 2.15. The summed E-state index contributed by atoms with van der Waals surface area (Å²) in [4.78, 5) is 8.67. The number of aromatic nitrogens is 2. The van der Waals surface area contributed by atoms with Crippen LogP contribution in [0, 0.1) is 0 Å². The number of halogens is 1. The minimum atomic E-state index is -0.674. The van der Waals surface area contributed by atoms with Crippen LogP contribution in [0.25, 0.3) is 0 Å². The Balaban J connectivity index is 2.34. The van der Waals surface area contributed by atoms with E-state index in [1.165, 1.54) is 17.7 Å². The molecule has 0 saturated carbocycles. The fourth-order valence-corrected chi connectivity index (χ4v) is 2.68. The van der Waals surface area contributed by atoms with E-state index >= 15 is 0 Å². The number of rotatable bonds is 2. The summed E-state index contributed by atoms with van der Waals surface area (Å²) in [6.07, 6.45) is 2.38. The van der Waals surface area contributed by atoms with Gasteiger partial charge in [-0.3, -0.25) is 0 Å². The predicted octanol–water partition coefficient (Wildman–Crippen LogP) is 2.38. The van der Waals surface area contributed by atoms with Gasteiger partial charge < -0.3 is 5.11 Å². The molecule has 0 bridgehead atoms. The van der Waals surface area contributed by atoms with Crippen molar-refractivity contribution in [2.75, 3.05) is 0 Å². The van der Waals surface area contributed by atoms with Crippen molar-refractivity contribution in [3.63, 3.8) is 0 Å². The zero-order valence-electron chi connectivity index (χ0n) is 7.09. The van der Waals surface area contributed by atoms with E-state index in [1.54, 1.807) is 12.3 Å². The number of thiophene rings is 1. The van der Waals surface area contributed by atoms with Gasteiger partial charge in [-0.2, -0.15) is 0 Å². The molecule has 0 aromatic carbocycles. The van der Waals surface area contributed by atoms with Gasteiger partial charge in [-0.15, -0.1) is 11.3 Å². The second-order valence-corrected chi connectivity index (χ2v) is 4.47. The van der Waals surface area contributed by atoms with Crippen LogP contribution in [0.3, 0.4) is 0 Å². The number of hydrogen-bond donors (Lipinski definition) is 1. The Morgan fingerprint density at radius 1 is 1.43 bits per heavy atom. The summed E-state index contributed by atoms with van der Waals surface area (Å²) >= 11 is 4.87. The van der Waals surface area contributed by atoms with E-state index in [1.807, 2.05) is 11.4 Å². The third kappa shape index (κ3) is 1.84. The third-order valence-corrected chi connectivity index (χ3v) is 3.70. The maximum absolute atomic E-state index is 9.95. The number of hydrogen-bond acceptors (Lipinski definition) is 4. The Hall–Kier alpha value is -0.780. The second-order valence-electron chi connectivity index (χ2n) is 2.67. The van der Waals surface area contributed by atoms with Gasteiger partial charge in [0.25, 0.3) is 0 Å². The van der Waals surface area contributed by atoms with E-state index in [-0.39, 0.29) is 0 Å². The molecule has 0 aliphatic heterocycles. The van der Waals surface area contributed by atoms with Crippen molar-refractivity contribution in [2.45, 2.75) is 6.10 Å². The largest absolute Gasteiger partial charge is 0.381 e. The van der Waals surface area contributed by atoms with E-state index in [0.717, 1.165) is 9.35 Å². The highest BCUT2D eigenvalue weighted by molar-refractivity contribution is 9.10. The molecule has 0 aliphatic carbocycles. The van der Waals surface area contributed by atoms with Crippen molar-refractivity contribution in [1.82, 2.24) is 9.97 Å². The summed E-state index contributed by atoms with van der Waals surface area (Å²) in [7, 11) is 0. The lowest BCUT2D eigenvalue weighted by atomic mass is 10.2. The van der Waals surface area contributed by atoms with E-state index in [0.29, 0.717) is 5.69 Å². The van der Waals surface area contributed by atoms with Gasteiger partial charge >= 0.3 is 0 Å². The molecule has 3 nitrogen and oxygen atoms in total. The Labute approximate surface area is 93.6 Å². The van der Waals surface area contributed by atoms with Gasteiger partial charge in [-0.1, -0.05) is 0 Å². The fourth-order valence-electron chi connectivity index (χ4n) is 1.10. The second kappa shape index (κ2) is 4.16. The van der Waals surface area contributed by atoms with Gasteiger partial charge in [0.05, 0.1) is 10.6 Å². The summed E-state index contributed by atoms with van der Waals surface area (Å²) in [5, 5.41) is 11.9. The van der Waals surface area contributed by atoms with Crippen molar-refractivity contribution in [1.29, 1.82) is 0 Å². The first-order valence-corrected chi connectivity index (χ1v) is 5.63. The van der Waals surface area contributed by atoms with Crippen LogP contribution in [-0.4, -0.2) is 15.1 Å². The lowest BCUT2D eigenvalue weighted by molar-refractivity contribution is 0.218. The number of aliphatic hydroxyl groups excluding tert-OH is 1. The minimum Gasteiger partial charge on any atom is -0.381 e. The Morgan fingerprint density at radius 2 is 2.29 bits per heavy atom. The highest BCUT2D eigenvalue weighted by Crippen LogP contribution is 2.31. The van der Waals surface area contributed by atoms with Gasteiger partial charge in [0.2, 0.25) is 0 Å². The average Bonchev–Trinajstić information content (AvgIpc) is 2.65. The maximum atomic E-state index is 9.95. The molecule has 5 heteroatoms. The first-order valence-electron chi connectivity index (χ1n) is 3.96. The zero-order chi connectivity index (χ0) is 9.97. The van der Waals surface area contributed by atoms with Crippen LogP contribution in [-0.2, 0) is 0 Å². The van der Waals surface area contributed by atoms with Crippen LogP contribution < -0.4 is 0 Å². The molecule has 1 unspecified atom stereocenters. The third-order valence-electron chi connectivity index (χ3n) is 1.78. The van der Waals surface area contributed by atoms with Crippen LogP contribution in [0.2, 0.25) is 0 Å². The van der Waals surface area contributed by atoms with Gasteiger partial charge in [-0.05, 0) is 33.4 Å². The van der Waals surface area contributed by atoms with E-state index < -0.39 is 6.10 Å². The molecule has 2 aromatic rings. The summed E-state index contributed by atoms with van der Waals surface area (Å²) in [5.74, 6) is 0. The zero-order valence-corrected chi connectivity index (χ0v) is 9.49. The van der Waals surface area contributed by atoms with Crippen LogP contribution in [0.4, 0.5) is 0 Å². The highest BCUT2D eigenvalue weighted by atomic mass is 79.9. The quantitative estimate of drug-likeness (QED) is 0.912. The molecule has 0 aliphatic rings. The van der Waals surface area contributed by atoms with Gasteiger partial charge in [0, 0.05) is 10.7 Å². The normalized spacial score (nSPS) is 12.7. The number of nitrogens with zero attached hydrogens (tertiary/aromatic N) is 2. The van der Waals surface area contributed by atoms with Gasteiger partial charge in [0.1, 0.15) is 12.4 Å². The Kier molecular flexibility index (Phi) is 2.90. The molecule has 72 valence electrons.